The number of hydrogen-bond acceptors (Lipinski definition) is 5. The standard InChI is InChI=1S/C23H33N3O5/c1-5-11-26(12-10-16-6-8-17(9-7-16)14(2)3)22(28)21-20(25-15(4)27)18(24)13-19(31-21)23(29)30/h6-9,13-14,18,20-21H,5,10-12,24H2,1-4H3,(H,25,27)(H,29,30)/t18-,20+,21+/m0/s1. The molecule has 1 aromatic rings. The summed E-state index contributed by atoms with van der Waals surface area (Å²) in [5, 5.41) is 12.0. The van der Waals surface area contributed by atoms with E-state index in [1.165, 1.54) is 18.6 Å². The van der Waals surface area contributed by atoms with E-state index in [-0.39, 0.29) is 17.6 Å². The van der Waals surface area contributed by atoms with Gasteiger partial charge in [0.1, 0.15) is 0 Å². The molecule has 0 bridgehead atoms. The summed E-state index contributed by atoms with van der Waals surface area (Å²) >= 11 is 0. The van der Waals surface area contributed by atoms with Crippen LogP contribution in [0.25, 0.3) is 0 Å². The summed E-state index contributed by atoms with van der Waals surface area (Å²) in [6, 6.07) is 6.59. The Hall–Kier alpha value is -2.87. The van der Waals surface area contributed by atoms with Crippen molar-refractivity contribution in [3.05, 3.63) is 47.2 Å². The average molecular weight is 432 g/mol. The normalized spacial score (nSPS) is 20.6. The van der Waals surface area contributed by atoms with E-state index in [1.54, 1.807) is 4.90 Å². The van der Waals surface area contributed by atoms with Crippen molar-refractivity contribution in [1.29, 1.82) is 0 Å². The van der Waals surface area contributed by atoms with Gasteiger partial charge in [-0.05, 0) is 36.0 Å². The molecule has 170 valence electrons. The Bertz CT molecular complexity index is 819. The predicted molar refractivity (Wildman–Crippen MR) is 117 cm³/mol. The van der Waals surface area contributed by atoms with Gasteiger partial charge in [-0.25, -0.2) is 4.79 Å². The molecule has 0 aliphatic carbocycles. The second-order valence-corrected chi connectivity index (χ2v) is 8.15. The van der Waals surface area contributed by atoms with Crippen molar-refractivity contribution in [3.63, 3.8) is 0 Å². The van der Waals surface area contributed by atoms with Crippen LogP contribution in [0.15, 0.2) is 36.1 Å². The predicted octanol–water partition coefficient (Wildman–Crippen LogP) is 1.79. The molecule has 0 fully saturated rings. The fraction of sp³-hybridized carbons (Fsp3) is 0.522. The number of ether oxygens (including phenoxy) is 1. The zero-order valence-corrected chi connectivity index (χ0v) is 18.6. The molecule has 0 aromatic heterocycles. The third kappa shape index (κ3) is 6.55. The summed E-state index contributed by atoms with van der Waals surface area (Å²) in [7, 11) is 0. The van der Waals surface area contributed by atoms with Crippen molar-refractivity contribution < 1.29 is 24.2 Å². The summed E-state index contributed by atoms with van der Waals surface area (Å²) in [6.45, 7) is 8.47. The monoisotopic (exact) mass is 431 g/mol. The van der Waals surface area contributed by atoms with Gasteiger partial charge in [-0.1, -0.05) is 45.0 Å². The fourth-order valence-electron chi connectivity index (χ4n) is 3.58. The van der Waals surface area contributed by atoms with Crippen LogP contribution in [0, 0.1) is 0 Å². The van der Waals surface area contributed by atoms with Crippen LogP contribution in [0.4, 0.5) is 0 Å². The molecule has 1 aliphatic heterocycles. The lowest BCUT2D eigenvalue weighted by Gasteiger charge is -2.37. The van der Waals surface area contributed by atoms with Crippen LogP contribution in [-0.2, 0) is 25.5 Å². The number of benzene rings is 1. The minimum atomic E-state index is -1.30. The van der Waals surface area contributed by atoms with Crippen LogP contribution in [0.1, 0.15) is 51.2 Å². The minimum absolute atomic E-state index is 0.374. The van der Waals surface area contributed by atoms with Gasteiger partial charge in [0.05, 0.1) is 12.1 Å². The topological polar surface area (TPSA) is 122 Å². The van der Waals surface area contributed by atoms with E-state index in [9.17, 15) is 19.5 Å². The maximum atomic E-state index is 13.3. The Morgan fingerprint density at radius 2 is 1.84 bits per heavy atom. The van der Waals surface area contributed by atoms with Crippen LogP contribution < -0.4 is 11.1 Å². The lowest BCUT2D eigenvalue weighted by atomic mass is 9.97. The molecule has 0 unspecified atom stereocenters. The molecule has 0 radical (unpaired) electrons. The summed E-state index contributed by atoms with van der Waals surface area (Å²) < 4.78 is 5.49. The molecule has 31 heavy (non-hydrogen) atoms. The Morgan fingerprint density at radius 3 is 2.35 bits per heavy atom. The highest BCUT2D eigenvalue weighted by molar-refractivity contribution is 5.88. The van der Waals surface area contributed by atoms with Crippen molar-refractivity contribution in [3.8, 4) is 0 Å². The molecule has 0 saturated carbocycles. The van der Waals surface area contributed by atoms with Crippen LogP contribution in [0.2, 0.25) is 0 Å². The number of carboxylic acid groups (broad SMARTS) is 1. The number of carboxylic acids is 1. The van der Waals surface area contributed by atoms with E-state index < -0.39 is 24.2 Å². The molecule has 0 saturated heterocycles. The first-order chi connectivity index (χ1) is 14.6. The third-order valence-corrected chi connectivity index (χ3v) is 5.28. The SMILES string of the molecule is CCCN(CCc1ccc(C(C)C)cc1)C(=O)[C@@H]1OC(C(=O)O)=C[C@H](N)[C@H]1NC(C)=O. The number of rotatable bonds is 9. The van der Waals surface area contributed by atoms with Gasteiger partial charge in [0.25, 0.3) is 5.91 Å². The number of nitrogens with zero attached hydrogens (tertiary/aromatic N) is 1. The Labute approximate surface area is 183 Å². The third-order valence-electron chi connectivity index (χ3n) is 5.28. The van der Waals surface area contributed by atoms with Gasteiger partial charge in [0, 0.05) is 20.0 Å². The van der Waals surface area contributed by atoms with E-state index in [4.69, 9.17) is 10.5 Å². The van der Waals surface area contributed by atoms with E-state index in [0.29, 0.717) is 25.4 Å². The lowest BCUT2D eigenvalue weighted by Crippen LogP contribution is -2.61. The number of hydrogen-bond donors (Lipinski definition) is 3. The molecule has 8 nitrogen and oxygen atoms in total. The maximum Gasteiger partial charge on any atom is 0.370 e. The molecule has 3 atom stereocenters. The fourth-order valence-corrected chi connectivity index (χ4v) is 3.58. The summed E-state index contributed by atoms with van der Waals surface area (Å²) in [5.74, 6) is -2.00. The number of aliphatic carboxylic acids is 1. The molecule has 2 rings (SSSR count). The molecule has 4 N–H and O–H groups in total. The van der Waals surface area contributed by atoms with Gasteiger partial charge >= 0.3 is 5.97 Å². The second kappa shape index (κ2) is 10.9. The molecular formula is C23H33N3O5. The van der Waals surface area contributed by atoms with Gasteiger partial charge in [-0.2, -0.15) is 0 Å². The summed E-state index contributed by atoms with van der Waals surface area (Å²) in [5.41, 5.74) is 8.41. The average Bonchev–Trinajstić information content (AvgIpc) is 2.71. The zero-order chi connectivity index (χ0) is 23.1. The van der Waals surface area contributed by atoms with Crippen molar-refractivity contribution in [2.45, 2.75) is 64.6 Å². The van der Waals surface area contributed by atoms with E-state index in [2.05, 4.69) is 43.4 Å². The van der Waals surface area contributed by atoms with Gasteiger partial charge in [0.2, 0.25) is 11.7 Å². The van der Waals surface area contributed by atoms with Crippen LogP contribution in [0.5, 0.6) is 0 Å². The van der Waals surface area contributed by atoms with Crippen LogP contribution in [0.3, 0.4) is 0 Å². The van der Waals surface area contributed by atoms with Crippen molar-refractivity contribution in [2.24, 2.45) is 5.73 Å². The number of amides is 2. The lowest BCUT2D eigenvalue weighted by molar-refractivity contribution is -0.149. The zero-order valence-electron chi connectivity index (χ0n) is 18.6. The number of nitrogens with one attached hydrogen (secondary N) is 1. The number of carbonyl (C=O) groups excluding carboxylic acids is 2. The van der Waals surface area contributed by atoms with Crippen LogP contribution >= 0.6 is 0 Å². The minimum Gasteiger partial charge on any atom is -0.475 e. The highest BCUT2D eigenvalue weighted by Crippen LogP contribution is 2.21. The van der Waals surface area contributed by atoms with Crippen molar-refractivity contribution in [1.82, 2.24) is 10.2 Å². The Kier molecular flexibility index (Phi) is 8.62. The van der Waals surface area contributed by atoms with E-state index in [0.717, 1.165) is 12.0 Å². The van der Waals surface area contributed by atoms with Crippen LogP contribution in [-0.4, -0.2) is 59.1 Å². The molecule has 1 heterocycles. The molecular weight excluding hydrogens is 398 g/mol. The van der Waals surface area contributed by atoms with E-state index >= 15 is 0 Å². The first-order valence-electron chi connectivity index (χ1n) is 10.7. The Balaban J connectivity index is 2.19. The highest BCUT2D eigenvalue weighted by Gasteiger charge is 2.41. The van der Waals surface area contributed by atoms with E-state index in [1.807, 2.05) is 6.92 Å². The molecule has 1 aromatic carbocycles. The first kappa shape index (κ1) is 24.4. The maximum absolute atomic E-state index is 13.3. The molecule has 2 amide bonds. The highest BCUT2D eigenvalue weighted by atomic mass is 16.5. The molecule has 8 heteroatoms. The Morgan fingerprint density at radius 1 is 1.19 bits per heavy atom. The van der Waals surface area contributed by atoms with Crippen molar-refractivity contribution >= 4 is 17.8 Å². The number of carbonyl (C=O) groups is 3. The quantitative estimate of drug-likeness (QED) is 0.548. The second-order valence-electron chi connectivity index (χ2n) is 8.15. The van der Waals surface area contributed by atoms with Gasteiger partial charge < -0.3 is 25.8 Å². The van der Waals surface area contributed by atoms with Gasteiger partial charge in [-0.3, -0.25) is 9.59 Å². The number of nitrogens with two attached hydrogens (primary N) is 1. The smallest absolute Gasteiger partial charge is 0.370 e. The first-order valence-corrected chi connectivity index (χ1v) is 10.7. The summed E-state index contributed by atoms with van der Waals surface area (Å²) in [6.07, 6.45) is 1.39. The largest absolute Gasteiger partial charge is 0.475 e. The molecule has 0 spiro atoms. The summed E-state index contributed by atoms with van der Waals surface area (Å²) in [4.78, 5) is 38.0. The van der Waals surface area contributed by atoms with Gasteiger partial charge in [0.15, 0.2) is 6.10 Å². The van der Waals surface area contributed by atoms with Crippen molar-refractivity contribution in [2.75, 3.05) is 13.1 Å². The molecule has 1 aliphatic rings. The van der Waals surface area contributed by atoms with Gasteiger partial charge in [-0.15, -0.1) is 0 Å².